The van der Waals surface area contributed by atoms with E-state index in [4.69, 9.17) is 9.47 Å². The van der Waals surface area contributed by atoms with Gasteiger partial charge < -0.3 is 20.1 Å². The van der Waals surface area contributed by atoms with E-state index in [0.717, 1.165) is 11.1 Å². The van der Waals surface area contributed by atoms with Crippen LogP contribution in [-0.4, -0.2) is 31.3 Å². The predicted molar refractivity (Wildman–Crippen MR) is 87.7 cm³/mol. The van der Waals surface area contributed by atoms with E-state index in [-0.39, 0.29) is 6.03 Å². The molecular weight excluding hydrogens is 294 g/mol. The highest BCUT2D eigenvalue weighted by Gasteiger charge is 2.05. The lowest BCUT2D eigenvalue weighted by molar-refractivity contribution is 0.235. The van der Waals surface area contributed by atoms with Crippen LogP contribution in [0.4, 0.5) is 4.79 Å². The van der Waals surface area contributed by atoms with Crippen molar-refractivity contribution in [3.05, 3.63) is 53.9 Å². The SMILES string of the molecule is COc1cc(C)ccc1OCCNC(=O)NCc1ccncc1. The summed E-state index contributed by atoms with van der Waals surface area (Å²) in [5.41, 5.74) is 2.10. The topological polar surface area (TPSA) is 72.5 Å². The molecule has 2 amide bonds. The fraction of sp³-hybridized carbons (Fsp3) is 0.294. The molecule has 23 heavy (non-hydrogen) atoms. The summed E-state index contributed by atoms with van der Waals surface area (Å²) in [6.45, 7) is 3.21. The smallest absolute Gasteiger partial charge is 0.315 e. The number of nitrogens with one attached hydrogen (secondary N) is 2. The number of nitrogens with zero attached hydrogens (tertiary/aromatic N) is 1. The van der Waals surface area contributed by atoms with Crippen molar-refractivity contribution in [2.75, 3.05) is 20.3 Å². The molecule has 122 valence electrons. The first kappa shape index (κ1) is 16.6. The first-order valence-corrected chi connectivity index (χ1v) is 7.37. The van der Waals surface area contributed by atoms with Crippen molar-refractivity contribution < 1.29 is 14.3 Å². The van der Waals surface area contributed by atoms with Gasteiger partial charge in [0.15, 0.2) is 11.5 Å². The number of pyridine rings is 1. The molecule has 0 fully saturated rings. The van der Waals surface area contributed by atoms with Gasteiger partial charge in [0.05, 0.1) is 13.7 Å². The summed E-state index contributed by atoms with van der Waals surface area (Å²) in [7, 11) is 1.60. The van der Waals surface area contributed by atoms with E-state index in [2.05, 4.69) is 15.6 Å². The standard InChI is InChI=1S/C17H21N3O3/c1-13-3-4-15(16(11-13)22-2)23-10-9-19-17(21)20-12-14-5-7-18-8-6-14/h3-8,11H,9-10,12H2,1-2H3,(H2,19,20,21). The number of amides is 2. The monoisotopic (exact) mass is 315 g/mol. The maximum atomic E-state index is 11.7. The van der Waals surface area contributed by atoms with Crippen molar-refractivity contribution in [3.8, 4) is 11.5 Å². The van der Waals surface area contributed by atoms with E-state index in [0.29, 0.717) is 31.2 Å². The van der Waals surface area contributed by atoms with Gasteiger partial charge in [-0.2, -0.15) is 0 Å². The molecule has 0 saturated heterocycles. The van der Waals surface area contributed by atoms with Gasteiger partial charge in [-0.3, -0.25) is 4.98 Å². The Morgan fingerprint density at radius 1 is 1.13 bits per heavy atom. The zero-order valence-corrected chi connectivity index (χ0v) is 13.3. The predicted octanol–water partition coefficient (Wildman–Crippen LogP) is 2.28. The molecule has 0 bridgehead atoms. The van der Waals surface area contributed by atoms with Gasteiger partial charge in [-0.05, 0) is 42.3 Å². The molecule has 1 aromatic carbocycles. The Hall–Kier alpha value is -2.76. The van der Waals surface area contributed by atoms with Crippen molar-refractivity contribution in [1.82, 2.24) is 15.6 Å². The first-order chi connectivity index (χ1) is 11.2. The van der Waals surface area contributed by atoms with Gasteiger partial charge in [-0.15, -0.1) is 0 Å². The minimum absolute atomic E-state index is 0.235. The molecule has 1 aromatic heterocycles. The van der Waals surface area contributed by atoms with Crippen LogP contribution in [-0.2, 0) is 6.54 Å². The Morgan fingerprint density at radius 2 is 1.91 bits per heavy atom. The molecule has 2 rings (SSSR count). The van der Waals surface area contributed by atoms with Crippen molar-refractivity contribution in [3.63, 3.8) is 0 Å². The fourth-order valence-electron chi connectivity index (χ4n) is 1.97. The molecule has 2 aromatic rings. The Balaban J connectivity index is 1.68. The van der Waals surface area contributed by atoms with Crippen molar-refractivity contribution >= 4 is 6.03 Å². The number of benzene rings is 1. The van der Waals surface area contributed by atoms with Gasteiger partial charge in [-0.1, -0.05) is 6.07 Å². The molecule has 0 aliphatic carbocycles. The summed E-state index contributed by atoms with van der Waals surface area (Å²) >= 11 is 0. The summed E-state index contributed by atoms with van der Waals surface area (Å²) < 4.78 is 10.9. The summed E-state index contributed by atoms with van der Waals surface area (Å²) in [5.74, 6) is 1.35. The van der Waals surface area contributed by atoms with E-state index in [9.17, 15) is 4.79 Å². The number of carbonyl (C=O) groups excluding carboxylic acids is 1. The molecule has 0 radical (unpaired) electrons. The number of methoxy groups -OCH3 is 1. The minimum Gasteiger partial charge on any atom is -0.493 e. The lowest BCUT2D eigenvalue weighted by Gasteiger charge is -2.12. The molecular formula is C17H21N3O3. The van der Waals surface area contributed by atoms with Gasteiger partial charge in [-0.25, -0.2) is 4.79 Å². The van der Waals surface area contributed by atoms with Crippen LogP contribution < -0.4 is 20.1 Å². The van der Waals surface area contributed by atoms with Crippen molar-refractivity contribution in [2.24, 2.45) is 0 Å². The van der Waals surface area contributed by atoms with Crippen LogP contribution in [0, 0.1) is 6.92 Å². The largest absolute Gasteiger partial charge is 0.493 e. The molecule has 0 atom stereocenters. The van der Waals surface area contributed by atoms with Gasteiger partial charge in [0.1, 0.15) is 6.61 Å². The second-order valence-electron chi connectivity index (χ2n) is 4.97. The number of aromatic nitrogens is 1. The van der Waals surface area contributed by atoms with Gasteiger partial charge in [0, 0.05) is 18.9 Å². The summed E-state index contributed by atoms with van der Waals surface area (Å²) in [4.78, 5) is 15.6. The molecule has 6 nitrogen and oxygen atoms in total. The molecule has 0 unspecified atom stereocenters. The molecule has 2 N–H and O–H groups in total. The van der Waals surface area contributed by atoms with E-state index in [1.165, 1.54) is 0 Å². The van der Waals surface area contributed by atoms with E-state index in [1.54, 1.807) is 19.5 Å². The third kappa shape index (κ3) is 5.50. The molecule has 0 saturated carbocycles. The van der Waals surface area contributed by atoms with Crippen LogP contribution >= 0.6 is 0 Å². The molecule has 6 heteroatoms. The average molecular weight is 315 g/mol. The van der Waals surface area contributed by atoms with Gasteiger partial charge in [0.2, 0.25) is 0 Å². The highest BCUT2D eigenvalue weighted by molar-refractivity contribution is 5.73. The normalized spacial score (nSPS) is 10.0. The Morgan fingerprint density at radius 3 is 2.65 bits per heavy atom. The maximum Gasteiger partial charge on any atom is 0.315 e. The Bertz CT molecular complexity index is 632. The van der Waals surface area contributed by atoms with E-state index < -0.39 is 0 Å². The zero-order valence-electron chi connectivity index (χ0n) is 13.3. The summed E-state index contributed by atoms with van der Waals surface area (Å²) in [5, 5.41) is 5.51. The third-order valence-electron chi connectivity index (χ3n) is 3.17. The lowest BCUT2D eigenvalue weighted by atomic mass is 10.2. The molecule has 0 aliphatic heterocycles. The number of urea groups is 1. The average Bonchev–Trinajstić information content (AvgIpc) is 2.58. The second kappa shape index (κ2) is 8.63. The van der Waals surface area contributed by atoms with Crippen LogP contribution in [0.25, 0.3) is 0 Å². The number of aryl methyl sites for hydroxylation is 1. The second-order valence-corrected chi connectivity index (χ2v) is 4.97. The zero-order chi connectivity index (χ0) is 16.5. The molecule has 1 heterocycles. The number of hydrogen-bond acceptors (Lipinski definition) is 4. The van der Waals surface area contributed by atoms with Crippen LogP contribution in [0.3, 0.4) is 0 Å². The molecule has 0 spiro atoms. The molecule has 0 aliphatic rings. The van der Waals surface area contributed by atoms with Crippen LogP contribution in [0.1, 0.15) is 11.1 Å². The summed E-state index contributed by atoms with van der Waals surface area (Å²) in [6.07, 6.45) is 3.38. The first-order valence-electron chi connectivity index (χ1n) is 7.37. The Labute approximate surface area is 135 Å². The van der Waals surface area contributed by atoms with Crippen LogP contribution in [0.2, 0.25) is 0 Å². The third-order valence-corrected chi connectivity index (χ3v) is 3.17. The number of rotatable bonds is 7. The van der Waals surface area contributed by atoms with Crippen molar-refractivity contribution in [1.29, 1.82) is 0 Å². The highest BCUT2D eigenvalue weighted by atomic mass is 16.5. The van der Waals surface area contributed by atoms with Crippen molar-refractivity contribution in [2.45, 2.75) is 13.5 Å². The highest BCUT2D eigenvalue weighted by Crippen LogP contribution is 2.27. The van der Waals surface area contributed by atoms with E-state index >= 15 is 0 Å². The van der Waals surface area contributed by atoms with Gasteiger partial charge in [0.25, 0.3) is 0 Å². The Kier molecular flexibility index (Phi) is 6.23. The quantitative estimate of drug-likeness (QED) is 0.769. The number of carbonyl (C=O) groups is 1. The number of hydrogen-bond donors (Lipinski definition) is 2. The number of ether oxygens (including phenoxy) is 2. The summed E-state index contributed by atoms with van der Waals surface area (Å²) in [6, 6.07) is 9.19. The minimum atomic E-state index is -0.235. The van der Waals surface area contributed by atoms with Crippen LogP contribution in [0.15, 0.2) is 42.7 Å². The lowest BCUT2D eigenvalue weighted by Crippen LogP contribution is -2.37. The van der Waals surface area contributed by atoms with Gasteiger partial charge >= 0.3 is 6.03 Å². The fourth-order valence-corrected chi connectivity index (χ4v) is 1.97. The van der Waals surface area contributed by atoms with E-state index in [1.807, 2.05) is 37.3 Å². The maximum absolute atomic E-state index is 11.7. The van der Waals surface area contributed by atoms with Crippen LogP contribution in [0.5, 0.6) is 11.5 Å².